The number of hydrogen-bond acceptors (Lipinski definition) is 3. The van der Waals surface area contributed by atoms with Gasteiger partial charge in [-0.25, -0.2) is 17.5 Å². The minimum absolute atomic E-state index is 0. The fourth-order valence-corrected chi connectivity index (χ4v) is 4.71. The summed E-state index contributed by atoms with van der Waals surface area (Å²) in [5.74, 6) is -0.731. The average molecular weight is 371 g/mol. The maximum Gasteiger partial charge on any atom is 0.244 e. The monoisotopic (exact) mass is 370 g/mol. The lowest BCUT2D eigenvalue weighted by molar-refractivity contribution is 0.501. The van der Waals surface area contributed by atoms with Crippen molar-refractivity contribution < 1.29 is 12.8 Å². The SMILES string of the molecule is Cc1cccc(F)c1S(=O)(=O)NC1CCCc2cc(N)ccc21.Cl. The fourth-order valence-electron chi connectivity index (χ4n) is 3.16. The van der Waals surface area contributed by atoms with Crippen LogP contribution in [0.5, 0.6) is 0 Å². The van der Waals surface area contributed by atoms with Crippen molar-refractivity contribution in [2.75, 3.05) is 5.73 Å². The highest BCUT2D eigenvalue weighted by Gasteiger charge is 2.28. The van der Waals surface area contributed by atoms with E-state index in [1.807, 2.05) is 12.1 Å². The van der Waals surface area contributed by atoms with E-state index >= 15 is 0 Å². The van der Waals surface area contributed by atoms with E-state index in [9.17, 15) is 12.8 Å². The van der Waals surface area contributed by atoms with Crippen LogP contribution in [0.1, 0.15) is 35.6 Å². The van der Waals surface area contributed by atoms with Gasteiger partial charge in [0, 0.05) is 11.7 Å². The summed E-state index contributed by atoms with van der Waals surface area (Å²) in [5, 5.41) is 0. The number of halogens is 2. The van der Waals surface area contributed by atoms with Crippen LogP contribution < -0.4 is 10.5 Å². The number of aryl methyl sites for hydroxylation is 2. The molecule has 2 aromatic rings. The largest absolute Gasteiger partial charge is 0.399 e. The molecule has 0 bridgehead atoms. The van der Waals surface area contributed by atoms with Gasteiger partial charge in [-0.2, -0.15) is 0 Å². The Morgan fingerprint density at radius 1 is 1.25 bits per heavy atom. The zero-order valence-electron chi connectivity index (χ0n) is 13.3. The lowest BCUT2D eigenvalue weighted by Crippen LogP contribution is -2.32. The zero-order valence-corrected chi connectivity index (χ0v) is 14.9. The smallest absolute Gasteiger partial charge is 0.244 e. The van der Waals surface area contributed by atoms with Crippen molar-refractivity contribution >= 4 is 28.1 Å². The highest BCUT2D eigenvalue weighted by atomic mass is 35.5. The summed E-state index contributed by atoms with van der Waals surface area (Å²) in [6.07, 6.45) is 2.42. The first-order valence-electron chi connectivity index (χ1n) is 7.54. The van der Waals surface area contributed by atoms with E-state index in [4.69, 9.17) is 5.73 Å². The first kappa shape index (κ1) is 18.7. The maximum atomic E-state index is 14.0. The average Bonchev–Trinajstić information content (AvgIpc) is 2.46. The Morgan fingerprint density at radius 3 is 2.71 bits per heavy atom. The van der Waals surface area contributed by atoms with E-state index < -0.39 is 15.8 Å². The summed E-state index contributed by atoms with van der Waals surface area (Å²) in [4.78, 5) is -0.275. The van der Waals surface area contributed by atoms with E-state index in [1.54, 1.807) is 19.1 Å². The van der Waals surface area contributed by atoms with Crippen LogP contribution in [0.15, 0.2) is 41.3 Å². The third-order valence-electron chi connectivity index (χ3n) is 4.21. The molecule has 0 fully saturated rings. The molecule has 0 aliphatic heterocycles. The second-order valence-corrected chi connectivity index (χ2v) is 7.56. The molecule has 4 nitrogen and oxygen atoms in total. The van der Waals surface area contributed by atoms with E-state index in [0.717, 1.165) is 30.0 Å². The quantitative estimate of drug-likeness (QED) is 0.812. The molecule has 130 valence electrons. The molecule has 0 saturated carbocycles. The number of hydrogen-bond donors (Lipinski definition) is 2. The van der Waals surface area contributed by atoms with E-state index in [2.05, 4.69) is 4.72 Å². The summed E-state index contributed by atoms with van der Waals surface area (Å²) in [6, 6.07) is 9.39. The fraction of sp³-hybridized carbons (Fsp3) is 0.294. The third kappa shape index (κ3) is 3.55. The Balaban J connectivity index is 0.00000208. The van der Waals surface area contributed by atoms with Gasteiger partial charge in [-0.1, -0.05) is 18.2 Å². The number of nitrogens with two attached hydrogens (primary N) is 1. The minimum atomic E-state index is -3.93. The Kier molecular flexibility index (Phi) is 5.52. The van der Waals surface area contributed by atoms with Crippen molar-refractivity contribution in [3.63, 3.8) is 0 Å². The van der Waals surface area contributed by atoms with Gasteiger partial charge < -0.3 is 5.73 Å². The van der Waals surface area contributed by atoms with Crippen LogP contribution in [0, 0.1) is 12.7 Å². The van der Waals surface area contributed by atoms with E-state index in [0.29, 0.717) is 17.7 Å². The first-order chi connectivity index (χ1) is 10.9. The molecule has 2 aromatic carbocycles. The topological polar surface area (TPSA) is 72.2 Å². The molecular formula is C17H20ClFN2O2S. The standard InChI is InChI=1S/C17H19FN2O2S.ClH/c1-11-4-2-6-15(18)17(11)23(21,22)20-16-7-3-5-12-10-13(19)8-9-14(12)16;/h2,4,6,8-10,16,20H,3,5,7,19H2,1H3;1H. The molecule has 0 radical (unpaired) electrons. The molecule has 24 heavy (non-hydrogen) atoms. The molecule has 1 atom stereocenters. The van der Waals surface area contributed by atoms with E-state index in [-0.39, 0.29) is 23.3 Å². The molecule has 0 amide bonds. The van der Waals surface area contributed by atoms with Gasteiger partial charge in [0.1, 0.15) is 10.7 Å². The Hall–Kier alpha value is -1.63. The van der Waals surface area contributed by atoms with Crippen LogP contribution >= 0.6 is 12.4 Å². The Morgan fingerprint density at radius 2 is 2.00 bits per heavy atom. The van der Waals surface area contributed by atoms with Gasteiger partial charge in [-0.05, 0) is 61.1 Å². The maximum absolute atomic E-state index is 14.0. The number of benzene rings is 2. The van der Waals surface area contributed by atoms with Crippen molar-refractivity contribution in [2.45, 2.75) is 37.1 Å². The second kappa shape index (κ2) is 7.09. The lowest BCUT2D eigenvalue weighted by Gasteiger charge is -2.26. The predicted molar refractivity (Wildman–Crippen MR) is 95.2 cm³/mol. The summed E-state index contributed by atoms with van der Waals surface area (Å²) in [6.45, 7) is 1.59. The van der Waals surface area contributed by atoms with Crippen LogP contribution in [-0.2, 0) is 16.4 Å². The van der Waals surface area contributed by atoms with Crippen molar-refractivity contribution in [3.05, 3.63) is 58.9 Å². The molecule has 3 N–H and O–H groups in total. The first-order valence-corrected chi connectivity index (χ1v) is 9.02. The van der Waals surface area contributed by atoms with Crippen LogP contribution in [0.4, 0.5) is 10.1 Å². The van der Waals surface area contributed by atoms with Crippen molar-refractivity contribution in [2.24, 2.45) is 0 Å². The highest BCUT2D eigenvalue weighted by Crippen LogP contribution is 2.32. The number of anilines is 1. The molecule has 0 aromatic heterocycles. The van der Waals surface area contributed by atoms with Crippen molar-refractivity contribution in [1.29, 1.82) is 0 Å². The number of rotatable bonds is 3. The highest BCUT2D eigenvalue weighted by molar-refractivity contribution is 7.89. The van der Waals surface area contributed by atoms with E-state index in [1.165, 1.54) is 6.07 Å². The second-order valence-electron chi connectivity index (χ2n) is 5.91. The Labute approximate surface area is 147 Å². The van der Waals surface area contributed by atoms with Crippen molar-refractivity contribution in [3.8, 4) is 0 Å². The molecule has 3 rings (SSSR count). The molecule has 0 heterocycles. The lowest BCUT2D eigenvalue weighted by atomic mass is 9.88. The van der Waals surface area contributed by atoms with Gasteiger partial charge >= 0.3 is 0 Å². The number of nitrogens with one attached hydrogen (secondary N) is 1. The van der Waals surface area contributed by atoms with Gasteiger partial charge in [0.15, 0.2) is 0 Å². The Bertz CT molecular complexity index is 835. The van der Waals surface area contributed by atoms with Crippen LogP contribution in [-0.4, -0.2) is 8.42 Å². The minimum Gasteiger partial charge on any atom is -0.399 e. The molecule has 1 aliphatic rings. The van der Waals surface area contributed by atoms with Crippen molar-refractivity contribution in [1.82, 2.24) is 4.72 Å². The van der Waals surface area contributed by atoms with Gasteiger partial charge in [0.25, 0.3) is 0 Å². The summed E-state index contributed by atoms with van der Waals surface area (Å²) >= 11 is 0. The molecular weight excluding hydrogens is 351 g/mol. The normalized spacial score (nSPS) is 17.0. The molecule has 0 spiro atoms. The molecule has 7 heteroatoms. The third-order valence-corrected chi connectivity index (χ3v) is 5.86. The molecule has 0 saturated heterocycles. The van der Waals surface area contributed by atoms with Gasteiger partial charge in [-0.15, -0.1) is 12.4 Å². The van der Waals surface area contributed by atoms with Crippen LogP contribution in [0.3, 0.4) is 0 Å². The predicted octanol–water partition coefficient (Wildman–Crippen LogP) is 3.49. The van der Waals surface area contributed by atoms with Gasteiger partial charge in [0.05, 0.1) is 0 Å². The summed E-state index contributed by atoms with van der Waals surface area (Å²) < 4.78 is 42.0. The summed E-state index contributed by atoms with van der Waals surface area (Å²) in [5.41, 5.74) is 8.83. The van der Waals surface area contributed by atoms with Gasteiger partial charge in [-0.3, -0.25) is 0 Å². The molecule has 1 aliphatic carbocycles. The number of nitrogen functional groups attached to an aromatic ring is 1. The molecule has 1 unspecified atom stereocenters. The van der Waals surface area contributed by atoms with Crippen LogP contribution in [0.2, 0.25) is 0 Å². The zero-order chi connectivity index (χ0) is 16.6. The summed E-state index contributed by atoms with van der Waals surface area (Å²) in [7, 11) is -3.93. The number of fused-ring (bicyclic) bond motifs is 1. The number of sulfonamides is 1. The van der Waals surface area contributed by atoms with Gasteiger partial charge in [0.2, 0.25) is 10.0 Å². The van der Waals surface area contributed by atoms with Crippen LogP contribution in [0.25, 0.3) is 0 Å².